The fourth-order valence-electron chi connectivity index (χ4n) is 3.00. The van der Waals surface area contributed by atoms with Gasteiger partial charge in [-0.2, -0.15) is 5.10 Å². The van der Waals surface area contributed by atoms with Crippen LogP contribution < -0.4 is 10.1 Å². The molecule has 27 heavy (non-hydrogen) atoms. The van der Waals surface area contributed by atoms with Crippen molar-refractivity contribution in [1.29, 1.82) is 0 Å². The van der Waals surface area contributed by atoms with Gasteiger partial charge < -0.3 is 10.1 Å². The zero-order chi connectivity index (χ0) is 18.8. The molecule has 0 aliphatic heterocycles. The van der Waals surface area contributed by atoms with Crippen LogP contribution in [0.15, 0.2) is 36.0 Å². The summed E-state index contributed by atoms with van der Waals surface area (Å²) in [6, 6.07) is 7.99. The van der Waals surface area contributed by atoms with Crippen LogP contribution in [0.2, 0.25) is 0 Å². The Balaban J connectivity index is 1.75. The van der Waals surface area contributed by atoms with E-state index in [4.69, 9.17) is 4.74 Å². The van der Waals surface area contributed by atoms with Gasteiger partial charge in [0, 0.05) is 10.9 Å². The SMILES string of the molecule is CC[C@H](Nc1ncnc2scc(-c3ccc(OC)cc3)c12)c1n[nH]c(C)n1. The van der Waals surface area contributed by atoms with Crippen LogP contribution >= 0.6 is 11.3 Å². The summed E-state index contributed by atoms with van der Waals surface area (Å²) in [5, 5.41) is 13.8. The van der Waals surface area contributed by atoms with Crippen LogP contribution in [0.4, 0.5) is 5.82 Å². The number of nitrogens with zero attached hydrogens (tertiary/aromatic N) is 4. The van der Waals surface area contributed by atoms with E-state index >= 15 is 0 Å². The van der Waals surface area contributed by atoms with Gasteiger partial charge in [0.2, 0.25) is 0 Å². The molecule has 0 amide bonds. The van der Waals surface area contributed by atoms with E-state index in [0.29, 0.717) is 0 Å². The minimum Gasteiger partial charge on any atom is -0.497 e. The first-order valence-corrected chi connectivity index (χ1v) is 9.59. The zero-order valence-corrected chi connectivity index (χ0v) is 16.2. The van der Waals surface area contributed by atoms with Crippen LogP contribution in [-0.4, -0.2) is 32.3 Å². The maximum atomic E-state index is 5.26. The van der Waals surface area contributed by atoms with Crippen molar-refractivity contribution in [3.63, 3.8) is 0 Å². The van der Waals surface area contributed by atoms with Crippen molar-refractivity contribution in [3.05, 3.63) is 47.6 Å². The number of H-pyrrole nitrogens is 1. The molecular formula is C19H20N6OS. The molecule has 2 N–H and O–H groups in total. The van der Waals surface area contributed by atoms with Gasteiger partial charge in [-0.05, 0) is 31.0 Å². The number of ether oxygens (including phenoxy) is 1. The number of aromatic nitrogens is 5. The van der Waals surface area contributed by atoms with Crippen molar-refractivity contribution in [2.75, 3.05) is 12.4 Å². The Kier molecular flexibility index (Phi) is 4.72. The number of aromatic amines is 1. The first-order chi connectivity index (χ1) is 13.2. The summed E-state index contributed by atoms with van der Waals surface area (Å²) in [6.07, 6.45) is 2.43. The van der Waals surface area contributed by atoms with Crippen molar-refractivity contribution in [1.82, 2.24) is 25.1 Å². The summed E-state index contributed by atoms with van der Waals surface area (Å²) in [5.41, 5.74) is 2.20. The van der Waals surface area contributed by atoms with Gasteiger partial charge in [-0.25, -0.2) is 15.0 Å². The third kappa shape index (κ3) is 3.35. The molecule has 0 saturated carbocycles. The lowest BCUT2D eigenvalue weighted by molar-refractivity contribution is 0.415. The Morgan fingerprint density at radius 2 is 2.04 bits per heavy atom. The second-order valence-electron chi connectivity index (χ2n) is 6.16. The number of hydrogen-bond acceptors (Lipinski definition) is 7. The van der Waals surface area contributed by atoms with E-state index in [9.17, 15) is 0 Å². The minimum atomic E-state index is -0.0309. The summed E-state index contributed by atoms with van der Waals surface area (Å²) < 4.78 is 5.26. The van der Waals surface area contributed by atoms with Gasteiger partial charge in [0.25, 0.3) is 0 Å². The quantitative estimate of drug-likeness (QED) is 0.517. The highest BCUT2D eigenvalue weighted by atomic mass is 32.1. The van der Waals surface area contributed by atoms with Crippen molar-refractivity contribution < 1.29 is 4.74 Å². The maximum Gasteiger partial charge on any atom is 0.172 e. The lowest BCUT2D eigenvalue weighted by Gasteiger charge is -2.15. The van der Waals surface area contributed by atoms with Gasteiger partial charge >= 0.3 is 0 Å². The molecule has 138 valence electrons. The van der Waals surface area contributed by atoms with E-state index in [1.807, 2.05) is 31.2 Å². The number of aryl methyl sites for hydroxylation is 1. The Morgan fingerprint density at radius 1 is 1.22 bits per heavy atom. The second-order valence-corrected chi connectivity index (χ2v) is 7.02. The van der Waals surface area contributed by atoms with Crippen molar-refractivity contribution >= 4 is 27.4 Å². The Morgan fingerprint density at radius 3 is 2.70 bits per heavy atom. The van der Waals surface area contributed by atoms with Gasteiger partial charge in [0.15, 0.2) is 5.82 Å². The smallest absolute Gasteiger partial charge is 0.172 e. The van der Waals surface area contributed by atoms with Crippen LogP contribution in [-0.2, 0) is 0 Å². The fourth-order valence-corrected chi connectivity index (χ4v) is 3.91. The topological polar surface area (TPSA) is 88.6 Å². The summed E-state index contributed by atoms with van der Waals surface area (Å²) in [5.74, 6) is 3.16. The molecule has 0 spiro atoms. The summed E-state index contributed by atoms with van der Waals surface area (Å²) in [4.78, 5) is 14.4. The number of rotatable bonds is 6. The molecule has 0 aliphatic rings. The molecule has 3 heterocycles. The van der Waals surface area contributed by atoms with E-state index in [1.165, 1.54) is 0 Å². The van der Waals surface area contributed by atoms with Crippen molar-refractivity contribution in [2.45, 2.75) is 26.3 Å². The van der Waals surface area contributed by atoms with Gasteiger partial charge in [-0.15, -0.1) is 11.3 Å². The molecule has 0 fully saturated rings. The highest BCUT2D eigenvalue weighted by Gasteiger charge is 2.19. The lowest BCUT2D eigenvalue weighted by Crippen LogP contribution is -2.13. The molecular weight excluding hydrogens is 360 g/mol. The number of anilines is 1. The first kappa shape index (κ1) is 17.4. The molecule has 0 radical (unpaired) electrons. The number of hydrogen-bond donors (Lipinski definition) is 2. The predicted octanol–water partition coefficient (Wildman–Crippen LogP) is 4.36. The van der Waals surface area contributed by atoms with Gasteiger partial charge in [0.05, 0.1) is 18.5 Å². The molecule has 8 heteroatoms. The number of nitrogens with one attached hydrogen (secondary N) is 2. The average Bonchev–Trinajstić information content (AvgIpc) is 3.33. The maximum absolute atomic E-state index is 5.26. The first-order valence-electron chi connectivity index (χ1n) is 8.71. The molecule has 3 aromatic heterocycles. The van der Waals surface area contributed by atoms with Crippen LogP contribution in [0, 0.1) is 6.92 Å². The van der Waals surface area contributed by atoms with E-state index < -0.39 is 0 Å². The summed E-state index contributed by atoms with van der Waals surface area (Å²) in [7, 11) is 1.67. The minimum absolute atomic E-state index is 0.0309. The molecule has 4 rings (SSSR count). The van der Waals surface area contributed by atoms with Gasteiger partial charge in [0.1, 0.15) is 28.5 Å². The average molecular weight is 380 g/mol. The largest absolute Gasteiger partial charge is 0.497 e. The third-order valence-corrected chi connectivity index (χ3v) is 5.30. The lowest BCUT2D eigenvalue weighted by atomic mass is 10.1. The Bertz CT molecular complexity index is 1060. The monoisotopic (exact) mass is 380 g/mol. The van der Waals surface area contributed by atoms with Crippen LogP contribution in [0.3, 0.4) is 0 Å². The highest BCUT2D eigenvalue weighted by molar-refractivity contribution is 7.17. The molecule has 7 nitrogen and oxygen atoms in total. The summed E-state index contributed by atoms with van der Waals surface area (Å²) >= 11 is 1.61. The molecule has 1 atom stereocenters. The van der Waals surface area contributed by atoms with Crippen LogP contribution in [0.25, 0.3) is 21.3 Å². The van der Waals surface area contributed by atoms with Crippen LogP contribution in [0.1, 0.15) is 31.0 Å². The summed E-state index contributed by atoms with van der Waals surface area (Å²) in [6.45, 7) is 3.99. The number of thiophene rings is 1. The molecule has 0 bridgehead atoms. The molecule has 0 aliphatic carbocycles. The van der Waals surface area contributed by atoms with E-state index in [2.05, 4.69) is 42.8 Å². The fraction of sp³-hybridized carbons (Fsp3) is 0.263. The van der Waals surface area contributed by atoms with Crippen LogP contribution in [0.5, 0.6) is 5.75 Å². The number of fused-ring (bicyclic) bond motifs is 1. The van der Waals surface area contributed by atoms with E-state index in [-0.39, 0.29) is 6.04 Å². The zero-order valence-electron chi connectivity index (χ0n) is 15.4. The third-order valence-electron chi connectivity index (χ3n) is 4.42. The predicted molar refractivity (Wildman–Crippen MR) is 107 cm³/mol. The standard InChI is InChI=1S/C19H20N6OS/c1-4-15(17-22-11(2)24-25-17)23-18-16-14(9-27-19(16)21-10-20-18)12-5-7-13(26-3)8-6-12/h5-10,15H,4H2,1-3H3,(H,20,21,23)(H,22,24,25)/t15-/m0/s1. The number of methoxy groups -OCH3 is 1. The van der Waals surface area contributed by atoms with E-state index in [0.717, 1.165) is 51.0 Å². The highest BCUT2D eigenvalue weighted by Crippen LogP contribution is 2.38. The Hall–Kier alpha value is -3.00. The molecule has 4 aromatic rings. The second kappa shape index (κ2) is 7.32. The molecule has 1 aromatic carbocycles. The molecule has 0 saturated heterocycles. The Labute approximate surface area is 160 Å². The normalized spacial score (nSPS) is 12.3. The van der Waals surface area contributed by atoms with Crippen molar-refractivity contribution in [2.24, 2.45) is 0 Å². The van der Waals surface area contributed by atoms with Gasteiger partial charge in [-0.1, -0.05) is 19.1 Å². The van der Waals surface area contributed by atoms with E-state index in [1.54, 1.807) is 24.8 Å². The van der Waals surface area contributed by atoms with Gasteiger partial charge in [-0.3, -0.25) is 5.10 Å². The number of benzene rings is 1. The van der Waals surface area contributed by atoms with Crippen molar-refractivity contribution in [3.8, 4) is 16.9 Å². The molecule has 0 unspecified atom stereocenters.